The largest absolute Gasteiger partial charge is 0.491 e. The predicted octanol–water partition coefficient (Wildman–Crippen LogP) is 5.54. The second kappa shape index (κ2) is 11.4. The first-order valence-electron chi connectivity index (χ1n) is 14.0. The molecule has 41 heavy (non-hydrogen) atoms. The summed E-state index contributed by atoms with van der Waals surface area (Å²) in [5, 5.41) is 23.2. The highest BCUT2D eigenvalue weighted by molar-refractivity contribution is 7.91. The van der Waals surface area contributed by atoms with Gasteiger partial charge < -0.3 is 20.3 Å². The number of aliphatic hydroxyl groups is 1. The number of aryl methyl sites for hydroxylation is 3. The van der Waals surface area contributed by atoms with E-state index in [2.05, 4.69) is 17.4 Å². The van der Waals surface area contributed by atoms with Crippen LogP contribution in [-0.4, -0.2) is 48.3 Å². The summed E-state index contributed by atoms with van der Waals surface area (Å²) in [4.78, 5) is 10.8. The molecule has 7 nitrogen and oxygen atoms in total. The average molecular weight is 582 g/mol. The van der Waals surface area contributed by atoms with E-state index >= 15 is 0 Å². The fourth-order valence-corrected chi connectivity index (χ4v) is 7.62. The van der Waals surface area contributed by atoms with Crippen LogP contribution in [-0.2, 0) is 27.5 Å². The number of carboxylic acid groups (broad SMARTS) is 1. The number of fused-ring (bicyclic) bond motifs is 1. The smallest absolute Gasteiger partial charge is 0.303 e. The van der Waals surface area contributed by atoms with Crippen molar-refractivity contribution >= 4 is 21.5 Å². The van der Waals surface area contributed by atoms with Gasteiger partial charge in [0.1, 0.15) is 23.8 Å². The summed E-state index contributed by atoms with van der Waals surface area (Å²) >= 11 is 0. The predicted molar refractivity (Wildman–Crippen MR) is 157 cm³/mol. The van der Waals surface area contributed by atoms with Crippen LogP contribution in [0, 0.1) is 19.7 Å². The molecule has 218 valence electrons. The number of rotatable bonds is 9. The van der Waals surface area contributed by atoms with E-state index < -0.39 is 27.2 Å². The summed E-state index contributed by atoms with van der Waals surface area (Å²) in [6.07, 6.45) is 2.14. The molecule has 1 aliphatic carbocycles. The van der Waals surface area contributed by atoms with Crippen LogP contribution in [0.2, 0.25) is 0 Å². The van der Waals surface area contributed by atoms with Gasteiger partial charge in [0.05, 0.1) is 17.5 Å². The standard InChI is InChI=1S/C32H36FNO6S/c1-20-16-24(40-19-32(37)12-14-41(38,39)15-13-32)17-21(2)31(20)27-5-3-4-26-25(27)9-10-29(26)34-23-8-6-22(28(33)18-23)7-11-30(35)36/h3-6,8,16-18,29,34,37H,7,9-15,19H2,1-2H3,(H,35,36). The summed E-state index contributed by atoms with van der Waals surface area (Å²) in [7, 11) is -3.08. The van der Waals surface area contributed by atoms with Gasteiger partial charge in [0, 0.05) is 12.1 Å². The minimum absolute atomic E-state index is 0.0220. The second-order valence-corrected chi connectivity index (χ2v) is 13.7. The lowest BCUT2D eigenvalue weighted by Crippen LogP contribution is -2.43. The van der Waals surface area contributed by atoms with Crippen LogP contribution in [0.1, 0.15) is 59.5 Å². The van der Waals surface area contributed by atoms with E-state index in [4.69, 9.17) is 9.84 Å². The molecule has 3 aromatic carbocycles. The molecule has 0 radical (unpaired) electrons. The lowest BCUT2D eigenvalue weighted by Gasteiger charge is -2.31. The van der Waals surface area contributed by atoms with E-state index in [-0.39, 0.29) is 49.8 Å². The molecule has 3 aromatic rings. The normalized spacial score (nSPS) is 19.0. The Balaban J connectivity index is 1.32. The highest BCUT2D eigenvalue weighted by atomic mass is 32.2. The van der Waals surface area contributed by atoms with Gasteiger partial charge in [0.25, 0.3) is 0 Å². The Bertz CT molecular complexity index is 1550. The first kappa shape index (κ1) is 29.1. The number of carbonyl (C=O) groups is 1. The highest BCUT2D eigenvalue weighted by Crippen LogP contribution is 2.42. The molecule has 1 aliphatic heterocycles. The van der Waals surface area contributed by atoms with Crippen molar-refractivity contribution in [2.24, 2.45) is 0 Å². The molecule has 0 spiro atoms. The maximum absolute atomic E-state index is 14.6. The zero-order valence-electron chi connectivity index (χ0n) is 23.4. The topological polar surface area (TPSA) is 113 Å². The molecule has 2 aliphatic rings. The Kier molecular flexibility index (Phi) is 8.12. The zero-order valence-corrected chi connectivity index (χ0v) is 24.2. The van der Waals surface area contributed by atoms with E-state index in [1.807, 2.05) is 32.0 Å². The van der Waals surface area contributed by atoms with Crippen molar-refractivity contribution in [1.29, 1.82) is 0 Å². The Morgan fingerprint density at radius 1 is 1.10 bits per heavy atom. The van der Waals surface area contributed by atoms with E-state index in [9.17, 15) is 22.7 Å². The zero-order chi connectivity index (χ0) is 29.4. The van der Waals surface area contributed by atoms with Crippen LogP contribution in [0.5, 0.6) is 5.75 Å². The summed E-state index contributed by atoms with van der Waals surface area (Å²) in [6, 6.07) is 15.1. The molecule has 0 bridgehead atoms. The van der Waals surface area contributed by atoms with Gasteiger partial charge in [0.2, 0.25) is 0 Å². The third-order valence-corrected chi connectivity index (χ3v) is 9.97. The maximum atomic E-state index is 14.6. The first-order valence-corrected chi connectivity index (χ1v) is 15.8. The quantitative estimate of drug-likeness (QED) is 0.304. The lowest BCUT2D eigenvalue weighted by molar-refractivity contribution is -0.136. The Morgan fingerprint density at radius 2 is 1.80 bits per heavy atom. The van der Waals surface area contributed by atoms with Crippen molar-refractivity contribution in [3.63, 3.8) is 0 Å². The van der Waals surface area contributed by atoms with Gasteiger partial charge in [-0.3, -0.25) is 4.79 Å². The molecule has 5 rings (SSSR count). The third kappa shape index (κ3) is 6.57. The first-order chi connectivity index (χ1) is 19.4. The monoisotopic (exact) mass is 581 g/mol. The van der Waals surface area contributed by atoms with Crippen molar-refractivity contribution in [3.05, 3.63) is 82.2 Å². The average Bonchev–Trinajstić information content (AvgIpc) is 3.32. The molecular weight excluding hydrogens is 545 g/mol. The minimum atomic E-state index is -3.08. The van der Waals surface area contributed by atoms with E-state index in [0.717, 1.165) is 35.1 Å². The maximum Gasteiger partial charge on any atom is 0.303 e. The molecule has 0 amide bonds. The number of aliphatic carboxylic acids is 1. The fourth-order valence-electron chi connectivity index (χ4n) is 6.03. The van der Waals surface area contributed by atoms with Crippen LogP contribution < -0.4 is 10.1 Å². The fraction of sp³-hybridized carbons (Fsp3) is 0.406. The Labute approximate surface area is 240 Å². The van der Waals surface area contributed by atoms with Gasteiger partial charge in [-0.05, 0) is 109 Å². The summed E-state index contributed by atoms with van der Waals surface area (Å²) in [6.45, 7) is 4.13. The number of carboxylic acids is 1. The molecule has 1 fully saturated rings. The number of anilines is 1. The van der Waals surface area contributed by atoms with Crippen molar-refractivity contribution in [2.45, 2.75) is 64.0 Å². The molecule has 9 heteroatoms. The van der Waals surface area contributed by atoms with Crippen molar-refractivity contribution in [2.75, 3.05) is 23.4 Å². The Hall–Kier alpha value is -3.43. The molecule has 1 saturated heterocycles. The second-order valence-electron chi connectivity index (χ2n) is 11.4. The molecule has 1 heterocycles. The number of nitrogens with one attached hydrogen (secondary N) is 1. The van der Waals surface area contributed by atoms with Crippen LogP contribution in [0.25, 0.3) is 11.1 Å². The van der Waals surface area contributed by atoms with Gasteiger partial charge in [-0.2, -0.15) is 0 Å². The number of hydrogen-bond acceptors (Lipinski definition) is 6. The van der Waals surface area contributed by atoms with Gasteiger partial charge in [0.15, 0.2) is 9.84 Å². The van der Waals surface area contributed by atoms with Crippen molar-refractivity contribution < 1.29 is 32.6 Å². The van der Waals surface area contributed by atoms with E-state index in [1.165, 1.54) is 17.2 Å². The Morgan fingerprint density at radius 3 is 2.46 bits per heavy atom. The van der Waals surface area contributed by atoms with Crippen molar-refractivity contribution in [1.82, 2.24) is 0 Å². The number of benzene rings is 3. The van der Waals surface area contributed by atoms with Gasteiger partial charge in [-0.15, -0.1) is 0 Å². The number of halogens is 1. The lowest BCUT2D eigenvalue weighted by atomic mass is 9.90. The number of hydrogen-bond donors (Lipinski definition) is 3. The van der Waals surface area contributed by atoms with E-state index in [1.54, 1.807) is 12.1 Å². The number of sulfone groups is 1. The summed E-state index contributed by atoms with van der Waals surface area (Å²) in [5.41, 5.74) is 6.71. The molecular formula is C32H36FNO6S. The van der Waals surface area contributed by atoms with Gasteiger partial charge in [-0.1, -0.05) is 24.3 Å². The molecule has 1 atom stereocenters. The molecule has 0 aromatic heterocycles. The third-order valence-electron chi connectivity index (χ3n) is 8.31. The van der Waals surface area contributed by atoms with Crippen LogP contribution in [0.4, 0.5) is 10.1 Å². The van der Waals surface area contributed by atoms with Crippen LogP contribution >= 0.6 is 0 Å². The van der Waals surface area contributed by atoms with Gasteiger partial charge >= 0.3 is 5.97 Å². The molecule has 0 saturated carbocycles. The minimum Gasteiger partial charge on any atom is -0.491 e. The van der Waals surface area contributed by atoms with Crippen LogP contribution in [0.15, 0.2) is 48.5 Å². The highest BCUT2D eigenvalue weighted by Gasteiger charge is 2.36. The summed E-state index contributed by atoms with van der Waals surface area (Å²) < 4.78 is 44.1. The molecule has 1 unspecified atom stereocenters. The molecule has 3 N–H and O–H groups in total. The number of ether oxygens (including phenoxy) is 1. The van der Waals surface area contributed by atoms with E-state index in [0.29, 0.717) is 17.0 Å². The SMILES string of the molecule is Cc1cc(OCC2(O)CCS(=O)(=O)CC2)cc(C)c1-c1cccc2c1CCC2Nc1ccc(CCC(=O)O)c(F)c1. The van der Waals surface area contributed by atoms with Crippen LogP contribution in [0.3, 0.4) is 0 Å². The summed E-state index contributed by atoms with van der Waals surface area (Å²) in [5.74, 6) is -0.753. The van der Waals surface area contributed by atoms with Gasteiger partial charge in [-0.25, -0.2) is 12.8 Å². The van der Waals surface area contributed by atoms with Crippen molar-refractivity contribution in [3.8, 4) is 16.9 Å².